The molecular formula is C24H26N4O4. The summed E-state index contributed by atoms with van der Waals surface area (Å²) in [5, 5.41) is 5.35. The molecule has 0 saturated carbocycles. The number of nitrogens with zero attached hydrogens (tertiary/aromatic N) is 2. The van der Waals surface area contributed by atoms with E-state index < -0.39 is 17.8 Å². The highest BCUT2D eigenvalue weighted by atomic mass is 16.5. The third-order valence-corrected chi connectivity index (χ3v) is 5.52. The van der Waals surface area contributed by atoms with Gasteiger partial charge in [0.25, 0.3) is 5.91 Å². The topological polar surface area (TPSA) is 91.0 Å². The van der Waals surface area contributed by atoms with Gasteiger partial charge in [-0.25, -0.2) is 9.69 Å². The van der Waals surface area contributed by atoms with Crippen molar-refractivity contribution in [3.8, 4) is 0 Å². The zero-order chi connectivity index (χ0) is 22.5. The summed E-state index contributed by atoms with van der Waals surface area (Å²) >= 11 is 0. The van der Waals surface area contributed by atoms with Crippen LogP contribution in [0, 0.1) is 0 Å². The fourth-order valence-electron chi connectivity index (χ4n) is 3.77. The molecule has 32 heavy (non-hydrogen) atoms. The summed E-state index contributed by atoms with van der Waals surface area (Å²) in [6.07, 6.45) is 2.38. The van der Waals surface area contributed by atoms with Crippen molar-refractivity contribution < 1.29 is 19.1 Å². The van der Waals surface area contributed by atoms with Crippen LogP contribution in [0.15, 0.2) is 54.2 Å². The van der Waals surface area contributed by atoms with Crippen LogP contribution in [0.5, 0.6) is 0 Å². The number of benzene rings is 2. The van der Waals surface area contributed by atoms with Gasteiger partial charge in [0.15, 0.2) is 0 Å². The summed E-state index contributed by atoms with van der Waals surface area (Å²) in [4.78, 5) is 40.6. The zero-order valence-electron chi connectivity index (χ0n) is 18.0. The molecule has 2 aliphatic heterocycles. The Morgan fingerprint density at radius 2 is 1.81 bits per heavy atom. The molecule has 2 N–H and O–H groups in total. The van der Waals surface area contributed by atoms with E-state index in [1.165, 1.54) is 0 Å². The Balaban J connectivity index is 1.40. The summed E-state index contributed by atoms with van der Waals surface area (Å²) in [6.45, 7) is 4.74. The number of morpholine rings is 1. The van der Waals surface area contributed by atoms with E-state index in [0.29, 0.717) is 18.9 Å². The Labute approximate surface area is 186 Å². The molecule has 2 heterocycles. The molecule has 2 fully saturated rings. The van der Waals surface area contributed by atoms with Gasteiger partial charge in [0, 0.05) is 24.5 Å². The molecule has 8 nitrogen and oxygen atoms in total. The number of hydrogen-bond acceptors (Lipinski definition) is 5. The number of ether oxygens (including phenoxy) is 1. The van der Waals surface area contributed by atoms with Crippen LogP contribution in [0.3, 0.4) is 0 Å². The van der Waals surface area contributed by atoms with Crippen LogP contribution in [-0.4, -0.2) is 55.6 Å². The fraction of sp³-hybridized carbons (Fsp3) is 0.292. The van der Waals surface area contributed by atoms with Crippen molar-refractivity contribution in [1.82, 2.24) is 10.2 Å². The van der Waals surface area contributed by atoms with Crippen molar-refractivity contribution in [3.05, 3.63) is 65.4 Å². The number of aryl methyl sites for hydroxylation is 1. The number of urea groups is 1. The Morgan fingerprint density at radius 1 is 1.09 bits per heavy atom. The van der Waals surface area contributed by atoms with Crippen LogP contribution in [0.2, 0.25) is 0 Å². The first-order valence-corrected chi connectivity index (χ1v) is 10.7. The summed E-state index contributed by atoms with van der Waals surface area (Å²) in [7, 11) is 0. The van der Waals surface area contributed by atoms with Crippen LogP contribution in [-0.2, 0) is 20.7 Å². The van der Waals surface area contributed by atoms with Crippen LogP contribution in [0.1, 0.15) is 18.1 Å². The van der Waals surface area contributed by atoms with Crippen LogP contribution < -0.4 is 15.5 Å². The van der Waals surface area contributed by atoms with Gasteiger partial charge >= 0.3 is 6.03 Å². The first-order valence-electron chi connectivity index (χ1n) is 10.7. The third-order valence-electron chi connectivity index (χ3n) is 5.52. The number of carbonyl (C=O) groups excluding carboxylic acids is 3. The number of rotatable bonds is 6. The standard InChI is InChI=1S/C24H26N4O4/c1-2-18-5-3-4-6-20(18)25-22(29)16-28-23(30)21(26-24(28)31)15-17-7-9-19(10-8-17)27-11-13-32-14-12-27/h3-10,15H,2,11-14,16H2,1H3,(H,25,29)(H,26,31)/b21-15+. The molecule has 0 atom stereocenters. The van der Waals surface area contributed by atoms with E-state index in [-0.39, 0.29) is 12.2 Å². The second kappa shape index (κ2) is 9.65. The number of hydrogen-bond donors (Lipinski definition) is 2. The summed E-state index contributed by atoms with van der Waals surface area (Å²) in [5.41, 5.74) is 3.69. The highest BCUT2D eigenvalue weighted by Crippen LogP contribution is 2.20. The Bertz CT molecular complexity index is 1040. The molecule has 0 radical (unpaired) electrons. The van der Waals surface area contributed by atoms with Crippen molar-refractivity contribution >= 4 is 35.3 Å². The smallest absolute Gasteiger partial charge is 0.329 e. The van der Waals surface area contributed by atoms with Gasteiger partial charge in [0.05, 0.1) is 13.2 Å². The third kappa shape index (κ3) is 4.81. The van der Waals surface area contributed by atoms with Crippen molar-refractivity contribution in [2.45, 2.75) is 13.3 Å². The Hall–Kier alpha value is -3.65. The molecule has 0 unspecified atom stereocenters. The molecule has 2 saturated heterocycles. The van der Waals surface area contributed by atoms with Crippen molar-refractivity contribution in [3.63, 3.8) is 0 Å². The number of amides is 4. The summed E-state index contributed by atoms with van der Waals surface area (Å²) < 4.78 is 5.38. The van der Waals surface area contributed by atoms with E-state index >= 15 is 0 Å². The molecule has 2 aromatic rings. The lowest BCUT2D eigenvalue weighted by molar-refractivity contribution is -0.127. The molecule has 0 aliphatic carbocycles. The average Bonchev–Trinajstić information content (AvgIpc) is 3.07. The highest BCUT2D eigenvalue weighted by Gasteiger charge is 2.35. The molecule has 0 aromatic heterocycles. The maximum Gasteiger partial charge on any atom is 0.329 e. The van der Waals surface area contributed by atoms with E-state index in [9.17, 15) is 14.4 Å². The largest absolute Gasteiger partial charge is 0.378 e. The quantitative estimate of drug-likeness (QED) is 0.539. The van der Waals surface area contributed by atoms with E-state index in [4.69, 9.17) is 4.74 Å². The number of nitrogens with one attached hydrogen (secondary N) is 2. The minimum Gasteiger partial charge on any atom is -0.378 e. The van der Waals surface area contributed by atoms with Gasteiger partial charge in [-0.1, -0.05) is 37.3 Å². The maximum absolute atomic E-state index is 12.7. The molecule has 8 heteroatoms. The SMILES string of the molecule is CCc1ccccc1NC(=O)CN1C(=O)N/C(=C/c2ccc(N3CCOCC3)cc2)C1=O. The minimum absolute atomic E-state index is 0.149. The van der Waals surface area contributed by atoms with Gasteiger partial charge in [0.1, 0.15) is 12.2 Å². The van der Waals surface area contributed by atoms with Crippen molar-refractivity contribution in [2.24, 2.45) is 0 Å². The van der Waals surface area contributed by atoms with E-state index in [1.54, 1.807) is 12.1 Å². The second-order valence-corrected chi connectivity index (χ2v) is 7.63. The Kier molecular flexibility index (Phi) is 6.51. The molecule has 166 valence electrons. The highest BCUT2D eigenvalue weighted by molar-refractivity contribution is 6.16. The monoisotopic (exact) mass is 434 g/mol. The average molecular weight is 434 g/mol. The molecule has 0 bridgehead atoms. The molecular weight excluding hydrogens is 408 g/mol. The molecule has 4 rings (SSSR count). The van der Waals surface area contributed by atoms with Gasteiger partial charge in [-0.05, 0) is 41.8 Å². The number of anilines is 2. The van der Waals surface area contributed by atoms with Crippen molar-refractivity contribution in [1.29, 1.82) is 0 Å². The van der Waals surface area contributed by atoms with E-state index in [0.717, 1.165) is 41.2 Å². The number of imide groups is 1. The lowest BCUT2D eigenvalue weighted by Crippen LogP contribution is -2.38. The molecule has 2 aliphatic rings. The lowest BCUT2D eigenvalue weighted by atomic mass is 10.1. The lowest BCUT2D eigenvalue weighted by Gasteiger charge is -2.28. The normalized spacial score (nSPS) is 17.6. The number of para-hydroxylation sites is 1. The second-order valence-electron chi connectivity index (χ2n) is 7.63. The van der Waals surface area contributed by atoms with Gasteiger partial charge < -0.3 is 20.3 Å². The predicted molar refractivity (Wildman–Crippen MR) is 122 cm³/mol. The maximum atomic E-state index is 12.7. The first kappa shape index (κ1) is 21.6. The summed E-state index contributed by atoms with van der Waals surface area (Å²) in [5.74, 6) is -0.948. The minimum atomic E-state index is -0.606. The summed E-state index contributed by atoms with van der Waals surface area (Å²) in [6, 6.07) is 14.6. The van der Waals surface area contributed by atoms with E-state index in [2.05, 4.69) is 15.5 Å². The molecule has 0 spiro atoms. The van der Waals surface area contributed by atoms with Gasteiger partial charge in [-0.3, -0.25) is 9.59 Å². The van der Waals surface area contributed by atoms with Crippen LogP contribution in [0.25, 0.3) is 6.08 Å². The van der Waals surface area contributed by atoms with Crippen molar-refractivity contribution in [2.75, 3.05) is 43.1 Å². The van der Waals surface area contributed by atoms with Crippen LogP contribution >= 0.6 is 0 Å². The number of carbonyl (C=O) groups is 3. The molecule has 2 aromatic carbocycles. The van der Waals surface area contributed by atoms with Gasteiger partial charge in [-0.2, -0.15) is 0 Å². The van der Waals surface area contributed by atoms with Gasteiger partial charge in [0.2, 0.25) is 5.91 Å². The molecule has 4 amide bonds. The first-order chi connectivity index (χ1) is 15.5. The van der Waals surface area contributed by atoms with Crippen LogP contribution in [0.4, 0.5) is 16.2 Å². The predicted octanol–water partition coefficient (Wildman–Crippen LogP) is 2.62. The van der Waals surface area contributed by atoms with Gasteiger partial charge in [-0.15, -0.1) is 0 Å². The Morgan fingerprint density at radius 3 is 2.53 bits per heavy atom. The van der Waals surface area contributed by atoms with E-state index in [1.807, 2.05) is 49.4 Å². The fourth-order valence-corrected chi connectivity index (χ4v) is 3.77. The zero-order valence-corrected chi connectivity index (χ0v) is 18.0.